The van der Waals surface area contributed by atoms with Gasteiger partial charge in [-0.15, -0.1) is 0 Å². The Balaban J connectivity index is 1.66. The zero-order valence-electron chi connectivity index (χ0n) is 12.4. The molecule has 1 aromatic rings. The van der Waals surface area contributed by atoms with Gasteiger partial charge in [0.1, 0.15) is 0 Å². The van der Waals surface area contributed by atoms with Gasteiger partial charge in [0.05, 0.1) is 19.1 Å². The summed E-state index contributed by atoms with van der Waals surface area (Å²) in [4.78, 5) is 23.5. The molecular weight excluding hydrogens is 268 g/mol. The van der Waals surface area contributed by atoms with Crippen molar-refractivity contribution in [1.82, 2.24) is 10.6 Å². The van der Waals surface area contributed by atoms with Crippen LogP contribution >= 0.6 is 0 Å². The van der Waals surface area contributed by atoms with Crippen LogP contribution in [0.1, 0.15) is 24.0 Å². The minimum Gasteiger partial charge on any atom is -0.376 e. The minimum absolute atomic E-state index is 0.0113. The van der Waals surface area contributed by atoms with Gasteiger partial charge in [-0.25, -0.2) is 0 Å². The van der Waals surface area contributed by atoms with Crippen LogP contribution in [0.4, 0.5) is 0 Å². The highest BCUT2D eigenvalue weighted by Gasteiger charge is 2.16. The number of benzene rings is 1. The molecule has 2 rings (SSSR count). The number of amides is 2. The average Bonchev–Trinajstić information content (AvgIpc) is 2.99. The Hall–Kier alpha value is -1.88. The van der Waals surface area contributed by atoms with Gasteiger partial charge in [0.15, 0.2) is 0 Å². The summed E-state index contributed by atoms with van der Waals surface area (Å²) in [5.41, 5.74) is 2.06. The van der Waals surface area contributed by atoms with Gasteiger partial charge in [-0.3, -0.25) is 9.59 Å². The Morgan fingerprint density at radius 3 is 2.76 bits per heavy atom. The molecule has 0 bridgehead atoms. The van der Waals surface area contributed by atoms with Crippen molar-refractivity contribution in [3.8, 4) is 0 Å². The van der Waals surface area contributed by atoms with E-state index in [4.69, 9.17) is 4.74 Å². The molecule has 1 fully saturated rings. The van der Waals surface area contributed by atoms with Crippen LogP contribution in [0, 0.1) is 6.92 Å². The molecule has 1 aliphatic heterocycles. The fourth-order valence-electron chi connectivity index (χ4n) is 2.32. The zero-order valence-corrected chi connectivity index (χ0v) is 12.4. The van der Waals surface area contributed by atoms with E-state index < -0.39 is 0 Å². The third-order valence-electron chi connectivity index (χ3n) is 3.61. The quantitative estimate of drug-likeness (QED) is 0.819. The van der Waals surface area contributed by atoms with Gasteiger partial charge >= 0.3 is 0 Å². The SMILES string of the molecule is Cc1ccccc1CC(=O)NCC(=O)NCC1CCCO1. The smallest absolute Gasteiger partial charge is 0.239 e. The molecule has 114 valence electrons. The average molecular weight is 290 g/mol. The molecule has 2 N–H and O–H groups in total. The summed E-state index contributed by atoms with van der Waals surface area (Å²) in [7, 11) is 0. The molecule has 5 nitrogen and oxygen atoms in total. The van der Waals surface area contributed by atoms with Crippen LogP contribution in [0.5, 0.6) is 0 Å². The molecule has 0 aliphatic carbocycles. The predicted octanol–water partition coefficient (Wildman–Crippen LogP) is 0.949. The highest BCUT2D eigenvalue weighted by atomic mass is 16.5. The topological polar surface area (TPSA) is 67.4 Å². The third kappa shape index (κ3) is 5.19. The fourth-order valence-corrected chi connectivity index (χ4v) is 2.32. The number of carbonyl (C=O) groups excluding carboxylic acids is 2. The molecule has 1 aromatic carbocycles. The summed E-state index contributed by atoms with van der Waals surface area (Å²) < 4.78 is 5.42. The number of rotatable bonds is 6. The largest absolute Gasteiger partial charge is 0.376 e. The standard InChI is InChI=1S/C16H22N2O3/c1-12-5-2-3-6-13(12)9-15(19)18-11-16(20)17-10-14-7-4-8-21-14/h2-3,5-6,14H,4,7-11H2,1H3,(H,17,20)(H,18,19). The first-order valence-corrected chi connectivity index (χ1v) is 7.34. The van der Waals surface area contributed by atoms with Crippen molar-refractivity contribution >= 4 is 11.8 Å². The lowest BCUT2D eigenvalue weighted by molar-refractivity contribution is -0.126. The van der Waals surface area contributed by atoms with Crippen LogP contribution in [-0.4, -0.2) is 37.6 Å². The summed E-state index contributed by atoms with van der Waals surface area (Å²) in [6.45, 7) is 3.27. The van der Waals surface area contributed by atoms with E-state index in [1.165, 1.54) is 0 Å². The second-order valence-corrected chi connectivity index (χ2v) is 5.32. The molecular formula is C16H22N2O3. The van der Waals surface area contributed by atoms with E-state index >= 15 is 0 Å². The lowest BCUT2D eigenvalue weighted by Gasteiger charge is -2.11. The van der Waals surface area contributed by atoms with Gasteiger partial charge in [0.25, 0.3) is 0 Å². The van der Waals surface area contributed by atoms with Gasteiger partial charge in [-0.05, 0) is 30.9 Å². The molecule has 0 aromatic heterocycles. The van der Waals surface area contributed by atoms with Crippen LogP contribution in [-0.2, 0) is 20.7 Å². The monoisotopic (exact) mass is 290 g/mol. The van der Waals surface area contributed by atoms with Gasteiger partial charge in [0.2, 0.25) is 11.8 Å². The van der Waals surface area contributed by atoms with Crippen molar-refractivity contribution in [2.75, 3.05) is 19.7 Å². The predicted molar refractivity (Wildman–Crippen MR) is 79.9 cm³/mol. The number of nitrogens with one attached hydrogen (secondary N) is 2. The number of hydrogen-bond donors (Lipinski definition) is 2. The van der Waals surface area contributed by atoms with E-state index in [0.717, 1.165) is 30.6 Å². The number of carbonyl (C=O) groups is 2. The number of aryl methyl sites for hydroxylation is 1. The van der Waals surface area contributed by atoms with E-state index in [0.29, 0.717) is 13.0 Å². The molecule has 1 saturated heterocycles. The van der Waals surface area contributed by atoms with Crippen molar-refractivity contribution in [2.24, 2.45) is 0 Å². The Morgan fingerprint density at radius 2 is 2.05 bits per heavy atom. The first-order valence-electron chi connectivity index (χ1n) is 7.34. The van der Waals surface area contributed by atoms with E-state index in [1.807, 2.05) is 31.2 Å². The van der Waals surface area contributed by atoms with Crippen LogP contribution in [0.15, 0.2) is 24.3 Å². The van der Waals surface area contributed by atoms with E-state index in [2.05, 4.69) is 10.6 Å². The molecule has 0 saturated carbocycles. The lowest BCUT2D eigenvalue weighted by atomic mass is 10.1. The first-order chi connectivity index (χ1) is 10.1. The summed E-state index contributed by atoms with van der Waals surface area (Å²) in [6.07, 6.45) is 2.45. The van der Waals surface area contributed by atoms with E-state index in [-0.39, 0.29) is 24.5 Å². The van der Waals surface area contributed by atoms with Crippen LogP contribution in [0.3, 0.4) is 0 Å². The van der Waals surface area contributed by atoms with E-state index in [9.17, 15) is 9.59 Å². The maximum atomic E-state index is 11.8. The second kappa shape index (κ2) is 7.78. The summed E-state index contributed by atoms with van der Waals surface area (Å²) in [6, 6.07) is 7.74. The van der Waals surface area contributed by atoms with Gasteiger partial charge in [0, 0.05) is 13.2 Å². The van der Waals surface area contributed by atoms with Crippen molar-refractivity contribution < 1.29 is 14.3 Å². The summed E-state index contributed by atoms with van der Waals surface area (Å²) in [5.74, 6) is -0.319. The Morgan fingerprint density at radius 1 is 1.24 bits per heavy atom. The van der Waals surface area contributed by atoms with Crippen LogP contribution in [0.25, 0.3) is 0 Å². The highest BCUT2D eigenvalue weighted by Crippen LogP contribution is 2.10. The van der Waals surface area contributed by atoms with Crippen LogP contribution < -0.4 is 10.6 Å². The van der Waals surface area contributed by atoms with Crippen molar-refractivity contribution in [1.29, 1.82) is 0 Å². The van der Waals surface area contributed by atoms with Gasteiger partial charge in [-0.1, -0.05) is 24.3 Å². The Labute approximate surface area is 125 Å². The van der Waals surface area contributed by atoms with Crippen LogP contribution in [0.2, 0.25) is 0 Å². The van der Waals surface area contributed by atoms with Gasteiger partial charge < -0.3 is 15.4 Å². The molecule has 5 heteroatoms. The number of ether oxygens (including phenoxy) is 1. The number of hydrogen-bond acceptors (Lipinski definition) is 3. The maximum Gasteiger partial charge on any atom is 0.239 e. The normalized spacial score (nSPS) is 17.5. The highest BCUT2D eigenvalue weighted by molar-refractivity contribution is 5.85. The molecule has 1 unspecified atom stereocenters. The fraction of sp³-hybridized carbons (Fsp3) is 0.500. The van der Waals surface area contributed by atoms with E-state index in [1.54, 1.807) is 0 Å². The minimum atomic E-state index is -0.177. The molecule has 1 aliphatic rings. The lowest BCUT2D eigenvalue weighted by Crippen LogP contribution is -2.40. The summed E-state index contributed by atoms with van der Waals surface area (Å²) >= 11 is 0. The van der Waals surface area contributed by atoms with Crippen molar-refractivity contribution in [3.05, 3.63) is 35.4 Å². The summed E-state index contributed by atoms with van der Waals surface area (Å²) in [5, 5.41) is 5.42. The molecule has 2 amide bonds. The Kier molecular flexibility index (Phi) is 5.75. The second-order valence-electron chi connectivity index (χ2n) is 5.32. The zero-order chi connectivity index (χ0) is 15.1. The molecule has 1 atom stereocenters. The molecule has 1 heterocycles. The third-order valence-corrected chi connectivity index (χ3v) is 3.61. The van der Waals surface area contributed by atoms with Crippen molar-refractivity contribution in [3.63, 3.8) is 0 Å². The molecule has 0 radical (unpaired) electrons. The van der Waals surface area contributed by atoms with Crippen molar-refractivity contribution in [2.45, 2.75) is 32.3 Å². The molecule has 0 spiro atoms. The van der Waals surface area contributed by atoms with Gasteiger partial charge in [-0.2, -0.15) is 0 Å². The first kappa shape index (κ1) is 15.5. The Bertz CT molecular complexity index is 496. The maximum absolute atomic E-state index is 11.8. The molecule has 21 heavy (non-hydrogen) atoms.